The van der Waals surface area contributed by atoms with Crippen molar-refractivity contribution in [1.29, 1.82) is 0 Å². The van der Waals surface area contributed by atoms with Crippen LogP contribution in [0.25, 0.3) is 10.9 Å². The molecule has 0 radical (unpaired) electrons. The lowest BCUT2D eigenvalue weighted by Crippen LogP contribution is -2.41. The second-order valence-corrected chi connectivity index (χ2v) is 5.56. The molecule has 1 atom stereocenters. The van der Waals surface area contributed by atoms with Gasteiger partial charge in [0, 0.05) is 30.7 Å². The maximum absolute atomic E-state index is 5.67. The van der Waals surface area contributed by atoms with E-state index >= 15 is 0 Å². The van der Waals surface area contributed by atoms with E-state index in [1.54, 1.807) is 0 Å². The van der Waals surface area contributed by atoms with Crippen LogP contribution >= 0.6 is 0 Å². The molecule has 1 unspecified atom stereocenters. The number of hydrogen-bond acceptors (Lipinski definition) is 4. The van der Waals surface area contributed by atoms with Crippen molar-refractivity contribution in [3.8, 4) is 0 Å². The third-order valence-corrected chi connectivity index (χ3v) is 3.89. The summed E-state index contributed by atoms with van der Waals surface area (Å²) in [4.78, 5) is 7.19. The first kappa shape index (κ1) is 14.3. The van der Waals surface area contributed by atoms with Crippen LogP contribution in [0.4, 0.5) is 5.69 Å². The first-order valence-electron chi connectivity index (χ1n) is 7.74. The molecule has 1 N–H and O–H groups in total. The molecule has 112 valence electrons. The van der Waals surface area contributed by atoms with E-state index in [1.807, 2.05) is 0 Å². The number of benzene rings is 1. The number of morpholine rings is 1. The first-order chi connectivity index (χ1) is 10.3. The number of pyridine rings is 1. The summed E-state index contributed by atoms with van der Waals surface area (Å²) in [5.41, 5.74) is 3.45. The first-order valence-corrected chi connectivity index (χ1v) is 7.74. The number of nitrogens with zero attached hydrogens (tertiary/aromatic N) is 2. The van der Waals surface area contributed by atoms with E-state index in [4.69, 9.17) is 9.72 Å². The van der Waals surface area contributed by atoms with Crippen molar-refractivity contribution in [3.63, 3.8) is 0 Å². The number of hydrogen-bond donors (Lipinski definition) is 1. The third-order valence-electron chi connectivity index (χ3n) is 3.89. The van der Waals surface area contributed by atoms with Crippen molar-refractivity contribution in [2.75, 3.05) is 31.1 Å². The Kier molecular flexibility index (Phi) is 4.36. The van der Waals surface area contributed by atoms with E-state index in [2.05, 4.69) is 54.4 Å². The summed E-state index contributed by atoms with van der Waals surface area (Å²) in [6, 6.07) is 10.6. The molecular weight excluding hydrogens is 262 g/mol. The zero-order valence-corrected chi connectivity index (χ0v) is 12.8. The maximum Gasteiger partial charge on any atom is 0.0726 e. The molecule has 4 nitrogen and oxygen atoms in total. The number of ether oxygens (including phenoxy) is 1. The molecule has 1 aliphatic rings. The Labute approximate surface area is 126 Å². The number of anilines is 1. The van der Waals surface area contributed by atoms with E-state index in [-0.39, 0.29) is 6.10 Å². The van der Waals surface area contributed by atoms with Crippen LogP contribution in [0, 0.1) is 0 Å². The van der Waals surface area contributed by atoms with Crippen molar-refractivity contribution in [3.05, 3.63) is 36.0 Å². The molecular formula is C17H23N3O. The Balaban J connectivity index is 2.01. The highest BCUT2D eigenvalue weighted by Crippen LogP contribution is 2.28. The van der Waals surface area contributed by atoms with Gasteiger partial charge in [-0.25, -0.2) is 0 Å². The fraction of sp³-hybridized carbons (Fsp3) is 0.471. The number of nitrogens with one attached hydrogen (secondary N) is 1. The van der Waals surface area contributed by atoms with Crippen molar-refractivity contribution < 1.29 is 4.74 Å². The quantitative estimate of drug-likeness (QED) is 0.937. The highest BCUT2D eigenvalue weighted by molar-refractivity contribution is 5.92. The van der Waals surface area contributed by atoms with Crippen LogP contribution < -0.4 is 10.2 Å². The van der Waals surface area contributed by atoms with Gasteiger partial charge in [0.05, 0.1) is 23.9 Å². The van der Waals surface area contributed by atoms with Gasteiger partial charge >= 0.3 is 0 Å². The number of para-hydroxylation sites is 1. The number of aromatic nitrogens is 1. The summed E-state index contributed by atoms with van der Waals surface area (Å²) in [5.74, 6) is 0. The summed E-state index contributed by atoms with van der Waals surface area (Å²) in [5, 5.41) is 4.59. The largest absolute Gasteiger partial charge is 0.375 e. The molecule has 3 rings (SSSR count). The lowest BCUT2D eigenvalue weighted by atomic mass is 10.1. The highest BCUT2D eigenvalue weighted by Gasteiger charge is 2.19. The average Bonchev–Trinajstić information content (AvgIpc) is 2.52. The van der Waals surface area contributed by atoms with Gasteiger partial charge in [-0.05, 0) is 25.6 Å². The van der Waals surface area contributed by atoms with Gasteiger partial charge in [0.1, 0.15) is 0 Å². The van der Waals surface area contributed by atoms with Crippen LogP contribution in [-0.4, -0.2) is 37.3 Å². The lowest BCUT2D eigenvalue weighted by Gasteiger charge is -2.33. The standard InChI is InChI=1S/C17H23N3O/c1-3-18-11-14-10-17(20-8-9-21-13(2)12-20)15-6-4-5-7-16(15)19-14/h4-7,10,13,18H,3,8-9,11-12H2,1-2H3. The molecule has 2 aromatic rings. The fourth-order valence-corrected chi connectivity index (χ4v) is 2.85. The molecule has 21 heavy (non-hydrogen) atoms. The molecule has 0 saturated carbocycles. The molecule has 0 aliphatic carbocycles. The second kappa shape index (κ2) is 6.41. The average molecular weight is 285 g/mol. The minimum atomic E-state index is 0.280. The van der Waals surface area contributed by atoms with Crippen LogP contribution in [0.3, 0.4) is 0 Å². The van der Waals surface area contributed by atoms with Gasteiger partial charge in [0.15, 0.2) is 0 Å². The second-order valence-electron chi connectivity index (χ2n) is 5.56. The van der Waals surface area contributed by atoms with Crippen LogP contribution in [0.2, 0.25) is 0 Å². The van der Waals surface area contributed by atoms with Gasteiger partial charge in [-0.2, -0.15) is 0 Å². The van der Waals surface area contributed by atoms with Crippen molar-refractivity contribution >= 4 is 16.6 Å². The SMILES string of the molecule is CCNCc1cc(N2CCOC(C)C2)c2ccccc2n1. The van der Waals surface area contributed by atoms with E-state index < -0.39 is 0 Å². The Morgan fingerprint density at radius 2 is 2.24 bits per heavy atom. The van der Waals surface area contributed by atoms with Gasteiger partial charge in [-0.15, -0.1) is 0 Å². The molecule has 1 saturated heterocycles. The van der Waals surface area contributed by atoms with Gasteiger partial charge in [-0.1, -0.05) is 25.1 Å². The fourth-order valence-electron chi connectivity index (χ4n) is 2.85. The van der Waals surface area contributed by atoms with Crippen LogP contribution in [0.15, 0.2) is 30.3 Å². The molecule has 1 aromatic carbocycles. The molecule has 1 aromatic heterocycles. The van der Waals surface area contributed by atoms with Crippen LogP contribution in [0.1, 0.15) is 19.5 Å². The van der Waals surface area contributed by atoms with Crippen LogP contribution in [0.5, 0.6) is 0 Å². The molecule has 1 aliphatic heterocycles. The van der Waals surface area contributed by atoms with Gasteiger partial charge in [0.2, 0.25) is 0 Å². The van der Waals surface area contributed by atoms with E-state index in [0.717, 1.165) is 44.0 Å². The maximum atomic E-state index is 5.67. The van der Waals surface area contributed by atoms with E-state index in [9.17, 15) is 0 Å². The summed E-state index contributed by atoms with van der Waals surface area (Å²) < 4.78 is 5.67. The third kappa shape index (κ3) is 3.17. The summed E-state index contributed by atoms with van der Waals surface area (Å²) in [6.07, 6.45) is 0.280. The van der Waals surface area contributed by atoms with Crippen LogP contribution in [-0.2, 0) is 11.3 Å². The number of fused-ring (bicyclic) bond motifs is 1. The topological polar surface area (TPSA) is 37.4 Å². The smallest absolute Gasteiger partial charge is 0.0726 e. The van der Waals surface area contributed by atoms with Crippen molar-refractivity contribution in [2.24, 2.45) is 0 Å². The Morgan fingerprint density at radius 1 is 1.38 bits per heavy atom. The van der Waals surface area contributed by atoms with E-state index in [0.29, 0.717) is 0 Å². The molecule has 2 heterocycles. The summed E-state index contributed by atoms with van der Waals surface area (Å²) >= 11 is 0. The lowest BCUT2D eigenvalue weighted by molar-refractivity contribution is 0.0533. The minimum Gasteiger partial charge on any atom is -0.375 e. The van der Waals surface area contributed by atoms with E-state index in [1.165, 1.54) is 11.1 Å². The van der Waals surface area contributed by atoms with Crippen molar-refractivity contribution in [2.45, 2.75) is 26.5 Å². The Hall–Kier alpha value is -1.65. The predicted molar refractivity (Wildman–Crippen MR) is 86.8 cm³/mol. The molecule has 0 spiro atoms. The Bertz CT molecular complexity index is 614. The number of rotatable bonds is 4. The summed E-state index contributed by atoms with van der Waals surface area (Å²) in [6.45, 7) is 8.70. The minimum absolute atomic E-state index is 0.280. The zero-order valence-electron chi connectivity index (χ0n) is 12.8. The highest BCUT2D eigenvalue weighted by atomic mass is 16.5. The molecule has 1 fully saturated rings. The summed E-state index contributed by atoms with van der Waals surface area (Å²) in [7, 11) is 0. The van der Waals surface area contributed by atoms with Gasteiger partial charge in [-0.3, -0.25) is 4.98 Å². The molecule has 0 bridgehead atoms. The molecule has 4 heteroatoms. The normalized spacial score (nSPS) is 19.1. The monoisotopic (exact) mass is 285 g/mol. The van der Waals surface area contributed by atoms with Crippen molar-refractivity contribution in [1.82, 2.24) is 10.3 Å². The molecule has 0 amide bonds. The Morgan fingerprint density at radius 3 is 3.05 bits per heavy atom. The predicted octanol–water partition coefficient (Wildman–Crippen LogP) is 2.57. The zero-order chi connectivity index (χ0) is 14.7. The van der Waals surface area contributed by atoms with Gasteiger partial charge < -0.3 is 15.0 Å². The van der Waals surface area contributed by atoms with Gasteiger partial charge in [0.25, 0.3) is 0 Å².